The summed E-state index contributed by atoms with van der Waals surface area (Å²) in [4.78, 5) is 46.0. The van der Waals surface area contributed by atoms with Crippen molar-refractivity contribution in [2.75, 3.05) is 19.8 Å². The molecular formula is C49H92NO10P. The van der Waals surface area contributed by atoms with E-state index in [-0.39, 0.29) is 19.4 Å². The smallest absolute Gasteiger partial charge is 0.472 e. The van der Waals surface area contributed by atoms with Gasteiger partial charge in [0.2, 0.25) is 0 Å². The van der Waals surface area contributed by atoms with E-state index in [1.165, 1.54) is 128 Å². The molecule has 0 spiro atoms. The highest BCUT2D eigenvalue weighted by atomic mass is 31.2. The second-order valence-electron chi connectivity index (χ2n) is 17.0. The number of carbonyl (C=O) groups is 3. The zero-order chi connectivity index (χ0) is 44.9. The molecule has 0 saturated carbocycles. The van der Waals surface area contributed by atoms with E-state index in [0.717, 1.165) is 70.6 Å². The maximum Gasteiger partial charge on any atom is 0.472 e. The van der Waals surface area contributed by atoms with Gasteiger partial charge in [-0.2, -0.15) is 0 Å². The summed E-state index contributed by atoms with van der Waals surface area (Å²) in [5.41, 5.74) is 5.34. The molecule has 3 unspecified atom stereocenters. The van der Waals surface area contributed by atoms with Gasteiger partial charge in [0.25, 0.3) is 0 Å². The van der Waals surface area contributed by atoms with Crippen LogP contribution in [0.25, 0.3) is 0 Å². The minimum absolute atomic E-state index is 0.148. The quantitative estimate of drug-likeness (QED) is 0.0230. The van der Waals surface area contributed by atoms with Crippen LogP contribution in [0.3, 0.4) is 0 Å². The van der Waals surface area contributed by atoms with Crippen LogP contribution in [0.1, 0.15) is 239 Å². The Kier molecular flexibility index (Phi) is 43.1. The number of carbonyl (C=O) groups excluding carboxylic acids is 2. The van der Waals surface area contributed by atoms with Gasteiger partial charge in [-0.3, -0.25) is 23.4 Å². The van der Waals surface area contributed by atoms with Gasteiger partial charge in [0.15, 0.2) is 6.10 Å². The van der Waals surface area contributed by atoms with Crippen LogP contribution in [-0.2, 0) is 37.5 Å². The first kappa shape index (κ1) is 59.0. The average molecular weight is 886 g/mol. The maximum atomic E-state index is 12.6. The van der Waals surface area contributed by atoms with E-state index in [1.807, 2.05) is 0 Å². The Bertz CT molecular complexity index is 1130. The van der Waals surface area contributed by atoms with Crippen molar-refractivity contribution in [3.63, 3.8) is 0 Å². The number of hydrogen-bond acceptors (Lipinski definition) is 9. The Morgan fingerprint density at radius 3 is 1.34 bits per heavy atom. The fraction of sp³-hybridized carbons (Fsp3) is 0.857. The van der Waals surface area contributed by atoms with Crippen molar-refractivity contribution >= 4 is 25.7 Å². The molecule has 0 saturated heterocycles. The molecule has 0 aromatic heterocycles. The molecule has 0 amide bonds. The predicted molar refractivity (Wildman–Crippen MR) is 249 cm³/mol. The third kappa shape index (κ3) is 44.4. The van der Waals surface area contributed by atoms with E-state index >= 15 is 0 Å². The molecule has 4 N–H and O–H groups in total. The minimum atomic E-state index is -4.72. The molecule has 11 nitrogen and oxygen atoms in total. The van der Waals surface area contributed by atoms with Crippen molar-refractivity contribution in [3.05, 3.63) is 24.3 Å². The molecular weight excluding hydrogens is 794 g/mol. The number of aliphatic carboxylic acids is 1. The van der Waals surface area contributed by atoms with Crippen LogP contribution >= 0.6 is 7.82 Å². The summed E-state index contributed by atoms with van der Waals surface area (Å²) >= 11 is 0. The topological polar surface area (TPSA) is 172 Å². The standard InChI is InChI=1S/C49H92NO10P/c1-3-5-7-9-11-13-15-17-18-19-20-21-22-23-24-25-26-27-29-30-32-34-36-38-40-47(51)57-42-45(43-58-61(55,56)59-44-46(50)49(53)54)60-48(52)41-39-37-35-33-31-28-16-14-12-10-8-6-4-2/h8,10,14,16,45-46H,3-7,9,11-13,15,17-44,50H2,1-2H3,(H,53,54)(H,55,56)/b10-8-,16-14-. The van der Waals surface area contributed by atoms with E-state index in [9.17, 15) is 23.8 Å². The number of esters is 2. The van der Waals surface area contributed by atoms with Gasteiger partial charge in [-0.25, -0.2) is 4.57 Å². The zero-order valence-corrected chi connectivity index (χ0v) is 39.9. The van der Waals surface area contributed by atoms with Gasteiger partial charge in [-0.15, -0.1) is 0 Å². The predicted octanol–water partition coefficient (Wildman–Crippen LogP) is 13.8. The summed E-state index contributed by atoms with van der Waals surface area (Å²) in [6.07, 6.45) is 48.3. The van der Waals surface area contributed by atoms with Gasteiger partial charge >= 0.3 is 25.7 Å². The number of carboxylic acid groups (broad SMARTS) is 1. The van der Waals surface area contributed by atoms with Crippen LogP contribution in [0.2, 0.25) is 0 Å². The fourth-order valence-corrected chi connectivity index (χ4v) is 7.82. The highest BCUT2D eigenvalue weighted by Crippen LogP contribution is 2.43. The van der Waals surface area contributed by atoms with E-state index < -0.39 is 51.1 Å². The van der Waals surface area contributed by atoms with Crippen LogP contribution in [0.4, 0.5) is 0 Å². The number of unbranched alkanes of at least 4 members (excludes halogenated alkanes) is 29. The molecule has 0 aliphatic carbocycles. The molecule has 61 heavy (non-hydrogen) atoms. The van der Waals surface area contributed by atoms with Crippen molar-refractivity contribution in [2.45, 2.75) is 251 Å². The number of allylic oxidation sites excluding steroid dienone is 4. The Balaban J connectivity index is 4.14. The normalized spacial score (nSPS) is 13.8. The SMILES string of the molecule is CCC/C=C\C/C=C\CCCCCCCC(=O)OC(COC(=O)CCCCCCCCCCCCCCCCCCCCCCCCCC)COP(=O)(O)OCC(N)C(=O)O. The van der Waals surface area contributed by atoms with Crippen LogP contribution in [0.5, 0.6) is 0 Å². The second-order valence-corrected chi connectivity index (χ2v) is 18.4. The number of carboxylic acids is 1. The van der Waals surface area contributed by atoms with E-state index in [1.54, 1.807) is 0 Å². The second kappa shape index (κ2) is 44.6. The molecule has 358 valence electrons. The average Bonchev–Trinajstić information content (AvgIpc) is 3.24. The Hall–Kier alpha value is -2.04. The first-order valence-corrected chi connectivity index (χ1v) is 26.4. The molecule has 0 fully saturated rings. The number of rotatable bonds is 47. The summed E-state index contributed by atoms with van der Waals surface area (Å²) in [5.74, 6) is -2.38. The molecule has 0 rings (SSSR count). The first-order valence-electron chi connectivity index (χ1n) is 24.9. The molecule has 0 heterocycles. The van der Waals surface area contributed by atoms with Crippen molar-refractivity contribution in [1.82, 2.24) is 0 Å². The third-order valence-corrected chi connectivity index (χ3v) is 11.9. The van der Waals surface area contributed by atoms with Gasteiger partial charge in [0.05, 0.1) is 13.2 Å². The zero-order valence-electron chi connectivity index (χ0n) is 39.0. The lowest BCUT2D eigenvalue weighted by Crippen LogP contribution is -2.34. The van der Waals surface area contributed by atoms with Gasteiger partial charge in [0, 0.05) is 12.8 Å². The first-order chi connectivity index (χ1) is 29.6. The Morgan fingerprint density at radius 1 is 0.508 bits per heavy atom. The summed E-state index contributed by atoms with van der Waals surface area (Å²) in [6, 6.07) is -1.52. The van der Waals surface area contributed by atoms with Gasteiger partial charge in [-0.05, 0) is 38.5 Å². The lowest BCUT2D eigenvalue weighted by Gasteiger charge is -2.20. The summed E-state index contributed by atoms with van der Waals surface area (Å²) in [6.45, 7) is 2.76. The van der Waals surface area contributed by atoms with E-state index in [2.05, 4.69) is 42.7 Å². The highest BCUT2D eigenvalue weighted by molar-refractivity contribution is 7.47. The number of phosphoric acid groups is 1. The maximum absolute atomic E-state index is 12.6. The van der Waals surface area contributed by atoms with E-state index in [0.29, 0.717) is 12.8 Å². The highest BCUT2D eigenvalue weighted by Gasteiger charge is 2.28. The molecule has 0 aliphatic rings. The molecule has 0 aromatic rings. The lowest BCUT2D eigenvalue weighted by atomic mass is 10.0. The van der Waals surface area contributed by atoms with Gasteiger partial charge < -0.3 is 25.2 Å². The minimum Gasteiger partial charge on any atom is -0.480 e. The Morgan fingerprint density at radius 2 is 0.902 bits per heavy atom. The molecule has 12 heteroatoms. The largest absolute Gasteiger partial charge is 0.480 e. The molecule has 0 radical (unpaired) electrons. The van der Waals surface area contributed by atoms with Gasteiger partial charge in [-0.1, -0.05) is 212 Å². The van der Waals surface area contributed by atoms with Crippen LogP contribution < -0.4 is 5.73 Å². The van der Waals surface area contributed by atoms with Crippen LogP contribution in [-0.4, -0.2) is 59.9 Å². The number of nitrogens with two attached hydrogens (primary N) is 1. The molecule has 3 atom stereocenters. The number of phosphoric ester groups is 1. The number of ether oxygens (including phenoxy) is 2. The van der Waals surface area contributed by atoms with Gasteiger partial charge in [0.1, 0.15) is 12.6 Å². The molecule has 0 aliphatic heterocycles. The van der Waals surface area contributed by atoms with Crippen molar-refractivity contribution in [3.8, 4) is 0 Å². The van der Waals surface area contributed by atoms with Crippen molar-refractivity contribution < 1.29 is 47.5 Å². The third-order valence-electron chi connectivity index (χ3n) is 10.9. The van der Waals surface area contributed by atoms with E-state index in [4.69, 9.17) is 24.8 Å². The molecule has 0 bridgehead atoms. The monoisotopic (exact) mass is 886 g/mol. The summed E-state index contributed by atoms with van der Waals surface area (Å²) < 4.78 is 32.8. The fourth-order valence-electron chi connectivity index (χ4n) is 7.05. The summed E-state index contributed by atoms with van der Waals surface area (Å²) in [7, 11) is -4.72. The number of hydrogen-bond donors (Lipinski definition) is 3. The van der Waals surface area contributed by atoms with Crippen molar-refractivity contribution in [2.24, 2.45) is 5.73 Å². The summed E-state index contributed by atoms with van der Waals surface area (Å²) in [5, 5.41) is 8.90. The van der Waals surface area contributed by atoms with Crippen LogP contribution in [0, 0.1) is 0 Å². The Labute approximate surface area is 372 Å². The lowest BCUT2D eigenvalue weighted by molar-refractivity contribution is -0.161. The van der Waals surface area contributed by atoms with Crippen molar-refractivity contribution in [1.29, 1.82) is 0 Å². The molecule has 0 aromatic carbocycles. The van der Waals surface area contributed by atoms with Crippen LogP contribution in [0.15, 0.2) is 24.3 Å².